The Morgan fingerprint density at radius 1 is 1.46 bits per heavy atom. The number of hydrogen-bond acceptors (Lipinski definition) is 2. The van der Waals surface area contributed by atoms with Crippen LogP contribution in [0.5, 0.6) is 0 Å². The van der Waals surface area contributed by atoms with Gasteiger partial charge in [-0.1, -0.05) is 6.42 Å². The molecule has 2 nitrogen and oxygen atoms in total. The van der Waals surface area contributed by atoms with Crippen molar-refractivity contribution in [2.75, 3.05) is 6.54 Å². The summed E-state index contributed by atoms with van der Waals surface area (Å²) in [6.07, 6.45) is 5.84. The summed E-state index contributed by atoms with van der Waals surface area (Å²) in [7, 11) is 0. The van der Waals surface area contributed by atoms with Crippen LogP contribution in [0.2, 0.25) is 0 Å². The molecule has 0 bridgehead atoms. The molecule has 1 unspecified atom stereocenters. The molecule has 2 heterocycles. The zero-order chi connectivity index (χ0) is 9.10. The lowest BCUT2D eigenvalue weighted by Gasteiger charge is -2.23. The predicted molar refractivity (Wildman–Crippen MR) is 53.6 cm³/mol. The van der Waals surface area contributed by atoms with Gasteiger partial charge in [0.1, 0.15) is 0 Å². The summed E-state index contributed by atoms with van der Waals surface area (Å²) in [5.41, 5.74) is 2.51. The molecule has 1 aliphatic heterocycles. The molecular weight excluding hydrogens is 160 g/mol. The molecule has 0 saturated carbocycles. The first-order valence-electron chi connectivity index (χ1n) is 5.02. The zero-order valence-corrected chi connectivity index (χ0v) is 8.09. The fourth-order valence-corrected chi connectivity index (χ4v) is 1.92. The van der Waals surface area contributed by atoms with Gasteiger partial charge in [0.15, 0.2) is 0 Å². The Morgan fingerprint density at radius 2 is 2.38 bits per heavy atom. The molecule has 0 amide bonds. The second-order valence-electron chi connectivity index (χ2n) is 3.73. The van der Waals surface area contributed by atoms with Crippen LogP contribution in [-0.4, -0.2) is 11.5 Å². The van der Waals surface area contributed by atoms with Crippen LogP contribution in [0.4, 0.5) is 0 Å². The molecule has 0 radical (unpaired) electrons. The van der Waals surface area contributed by atoms with E-state index in [2.05, 4.69) is 22.4 Å². The highest BCUT2D eigenvalue weighted by atomic mass is 14.9. The van der Waals surface area contributed by atoms with E-state index in [1.54, 1.807) is 0 Å². The number of hydrogen-bond donors (Lipinski definition) is 1. The van der Waals surface area contributed by atoms with Crippen LogP contribution in [0, 0.1) is 6.92 Å². The van der Waals surface area contributed by atoms with Crippen molar-refractivity contribution < 1.29 is 0 Å². The normalized spacial score (nSPS) is 23.0. The second kappa shape index (κ2) is 3.88. The van der Waals surface area contributed by atoms with Gasteiger partial charge in [-0.05, 0) is 44.0 Å². The van der Waals surface area contributed by atoms with E-state index < -0.39 is 0 Å². The molecule has 13 heavy (non-hydrogen) atoms. The van der Waals surface area contributed by atoms with Crippen molar-refractivity contribution >= 4 is 0 Å². The molecule has 0 aromatic carbocycles. The minimum atomic E-state index is 0.565. The summed E-state index contributed by atoms with van der Waals surface area (Å²) < 4.78 is 0. The van der Waals surface area contributed by atoms with Crippen LogP contribution in [0.25, 0.3) is 0 Å². The average Bonchev–Trinajstić information content (AvgIpc) is 2.19. The Labute approximate surface area is 79.4 Å². The SMILES string of the molecule is Cc1cc(C2CCCCN2)ccn1. The highest BCUT2D eigenvalue weighted by Crippen LogP contribution is 2.22. The quantitative estimate of drug-likeness (QED) is 0.709. The van der Waals surface area contributed by atoms with Gasteiger partial charge in [0.2, 0.25) is 0 Å². The molecule has 2 heteroatoms. The summed E-state index contributed by atoms with van der Waals surface area (Å²) >= 11 is 0. The van der Waals surface area contributed by atoms with Crippen molar-refractivity contribution in [3.05, 3.63) is 29.6 Å². The van der Waals surface area contributed by atoms with Crippen LogP contribution in [0.15, 0.2) is 18.3 Å². The van der Waals surface area contributed by atoms with Crippen molar-refractivity contribution in [1.29, 1.82) is 0 Å². The predicted octanol–water partition coefficient (Wildman–Crippen LogP) is 2.20. The molecule has 1 atom stereocenters. The standard InChI is InChI=1S/C11H16N2/c1-9-8-10(5-7-12-9)11-4-2-3-6-13-11/h5,7-8,11,13H,2-4,6H2,1H3. The number of aromatic nitrogens is 1. The van der Waals surface area contributed by atoms with Crippen LogP contribution in [-0.2, 0) is 0 Å². The number of piperidine rings is 1. The van der Waals surface area contributed by atoms with Crippen LogP contribution < -0.4 is 5.32 Å². The van der Waals surface area contributed by atoms with E-state index in [1.807, 2.05) is 13.1 Å². The summed E-state index contributed by atoms with van der Waals surface area (Å²) in [5.74, 6) is 0. The minimum Gasteiger partial charge on any atom is -0.310 e. The third kappa shape index (κ3) is 2.07. The lowest BCUT2D eigenvalue weighted by atomic mass is 9.98. The molecular formula is C11H16N2. The molecule has 2 rings (SSSR count). The molecule has 1 N–H and O–H groups in total. The minimum absolute atomic E-state index is 0.565. The number of pyridine rings is 1. The van der Waals surface area contributed by atoms with Crippen LogP contribution >= 0.6 is 0 Å². The molecule has 1 saturated heterocycles. The van der Waals surface area contributed by atoms with E-state index in [1.165, 1.54) is 24.8 Å². The van der Waals surface area contributed by atoms with Crippen LogP contribution in [0.1, 0.15) is 36.6 Å². The Hall–Kier alpha value is -0.890. The van der Waals surface area contributed by atoms with E-state index in [9.17, 15) is 0 Å². The van der Waals surface area contributed by atoms with E-state index in [-0.39, 0.29) is 0 Å². The van der Waals surface area contributed by atoms with Gasteiger partial charge in [0, 0.05) is 17.9 Å². The van der Waals surface area contributed by atoms with E-state index in [0.29, 0.717) is 6.04 Å². The fraction of sp³-hybridized carbons (Fsp3) is 0.545. The Morgan fingerprint density at radius 3 is 3.08 bits per heavy atom. The molecule has 0 spiro atoms. The van der Waals surface area contributed by atoms with E-state index in [4.69, 9.17) is 0 Å². The summed E-state index contributed by atoms with van der Waals surface area (Å²) in [6, 6.07) is 4.87. The summed E-state index contributed by atoms with van der Waals surface area (Å²) in [4.78, 5) is 4.21. The van der Waals surface area contributed by atoms with Gasteiger partial charge in [-0.3, -0.25) is 4.98 Å². The molecule has 1 aromatic rings. The van der Waals surface area contributed by atoms with Crippen molar-refractivity contribution in [3.63, 3.8) is 0 Å². The summed E-state index contributed by atoms with van der Waals surface area (Å²) in [6.45, 7) is 3.21. The highest BCUT2D eigenvalue weighted by molar-refractivity contribution is 5.19. The van der Waals surface area contributed by atoms with E-state index >= 15 is 0 Å². The smallest absolute Gasteiger partial charge is 0.0375 e. The van der Waals surface area contributed by atoms with Crippen molar-refractivity contribution in [3.8, 4) is 0 Å². The fourth-order valence-electron chi connectivity index (χ4n) is 1.92. The first-order chi connectivity index (χ1) is 6.36. The maximum absolute atomic E-state index is 4.21. The first-order valence-corrected chi connectivity index (χ1v) is 5.02. The van der Waals surface area contributed by atoms with Gasteiger partial charge in [0.05, 0.1) is 0 Å². The monoisotopic (exact) mass is 176 g/mol. The topological polar surface area (TPSA) is 24.9 Å². The van der Waals surface area contributed by atoms with Gasteiger partial charge in [-0.15, -0.1) is 0 Å². The van der Waals surface area contributed by atoms with Gasteiger partial charge < -0.3 is 5.32 Å². The Kier molecular flexibility index (Phi) is 2.60. The number of nitrogens with one attached hydrogen (secondary N) is 1. The molecule has 1 aromatic heterocycles. The number of rotatable bonds is 1. The largest absolute Gasteiger partial charge is 0.310 e. The van der Waals surface area contributed by atoms with Gasteiger partial charge >= 0.3 is 0 Å². The van der Waals surface area contributed by atoms with Gasteiger partial charge in [-0.25, -0.2) is 0 Å². The highest BCUT2D eigenvalue weighted by Gasteiger charge is 2.14. The number of aryl methyl sites for hydroxylation is 1. The molecule has 70 valence electrons. The molecule has 1 fully saturated rings. The first kappa shape index (κ1) is 8.70. The third-order valence-electron chi connectivity index (χ3n) is 2.63. The van der Waals surface area contributed by atoms with Gasteiger partial charge in [-0.2, -0.15) is 0 Å². The lowest BCUT2D eigenvalue weighted by molar-refractivity contribution is 0.412. The third-order valence-corrected chi connectivity index (χ3v) is 2.63. The van der Waals surface area contributed by atoms with E-state index in [0.717, 1.165) is 12.2 Å². The van der Waals surface area contributed by atoms with Gasteiger partial charge in [0.25, 0.3) is 0 Å². The maximum Gasteiger partial charge on any atom is 0.0375 e. The number of nitrogens with zero attached hydrogens (tertiary/aromatic N) is 1. The Bertz CT molecular complexity index is 277. The average molecular weight is 176 g/mol. The lowest BCUT2D eigenvalue weighted by Crippen LogP contribution is -2.26. The second-order valence-corrected chi connectivity index (χ2v) is 3.73. The molecule has 1 aliphatic rings. The van der Waals surface area contributed by atoms with Crippen molar-refractivity contribution in [2.24, 2.45) is 0 Å². The van der Waals surface area contributed by atoms with Crippen molar-refractivity contribution in [2.45, 2.75) is 32.2 Å². The molecule has 0 aliphatic carbocycles. The van der Waals surface area contributed by atoms with Crippen molar-refractivity contribution in [1.82, 2.24) is 10.3 Å². The summed E-state index contributed by atoms with van der Waals surface area (Å²) in [5, 5.41) is 3.53. The van der Waals surface area contributed by atoms with Crippen LogP contribution in [0.3, 0.4) is 0 Å². The zero-order valence-electron chi connectivity index (χ0n) is 8.09. The Balaban J connectivity index is 2.14. The maximum atomic E-state index is 4.21.